The number of carbonyl (C=O) groups excluding carboxylic acids is 2. The summed E-state index contributed by atoms with van der Waals surface area (Å²) in [5.74, 6) is -0.321. The highest BCUT2D eigenvalue weighted by Gasteiger charge is 2.19. The van der Waals surface area contributed by atoms with Crippen molar-refractivity contribution in [2.75, 3.05) is 27.0 Å². The van der Waals surface area contributed by atoms with Crippen LogP contribution in [0.5, 0.6) is 0 Å². The summed E-state index contributed by atoms with van der Waals surface area (Å²) in [6.07, 6.45) is 2.41. The minimum atomic E-state index is -0.342. The Morgan fingerprint density at radius 1 is 1.17 bits per heavy atom. The molecule has 0 saturated carbocycles. The minimum Gasteiger partial charge on any atom is -0.445 e. The molecule has 1 aliphatic rings. The Balaban J connectivity index is 1.74. The fraction of sp³-hybridized carbons (Fsp3) is 0.412. The summed E-state index contributed by atoms with van der Waals surface area (Å²) < 4.78 is 14.8. The summed E-state index contributed by atoms with van der Waals surface area (Å²) in [7, 11) is 1.46. The number of benzene rings is 1. The van der Waals surface area contributed by atoms with E-state index in [2.05, 4.69) is 4.74 Å². The van der Waals surface area contributed by atoms with E-state index in [-0.39, 0.29) is 31.9 Å². The fourth-order valence-corrected chi connectivity index (χ4v) is 2.21. The van der Waals surface area contributed by atoms with Crippen LogP contribution in [0.25, 0.3) is 0 Å². The van der Waals surface area contributed by atoms with Crippen LogP contribution in [0, 0.1) is 0 Å². The summed E-state index contributed by atoms with van der Waals surface area (Å²) in [5.41, 5.74) is 1.92. The van der Waals surface area contributed by atoms with Gasteiger partial charge in [0.05, 0.1) is 6.42 Å². The summed E-state index contributed by atoms with van der Waals surface area (Å²) in [6, 6.07) is 9.55. The molecule has 0 aromatic heterocycles. The van der Waals surface area contributed by atoms with Crippen LogP contribution in [0.4, 0.5) is 4.79 Å². The van der Waals surface area contributed by atoms with Gasteiger partial charge in [0.25, 0.3) is 0 Å². The van der Waals surface area contributed by atoms with Gasteiger partial charge in [-0.15, -0.1) is 0 Å². The second-order valence-corrected chi connectivity index (χ2v) is 5.20. The SMILES string of the molecule is COCOC(=O)CC1=CCN(C(=O)OCc2ccccc2)CC1. The third-order valence-corrected chi connectivity index (χ3v) is 3.48. The average Bonchev–Trinajstić information content (AvgIpc) is 2.59. The van der Waals surface area contributed by atoms with Crippen molar-refractivity contribution in [2.24, 2.45) is 0 Å². The van der Waals surface area contributed by atoms with E-state index < -0.39 is 0 Å². The largest absolute Gasteiger partial charge is 0.445 e. The Morgan fingerprint density at radius 2 is 1.96 bits per heavy atom. The first-order valence-electron chi connectivity index (χ1n) is 7.47. The molecule has 1 aromatic rings. The number of esters is 1. The van der Waals surface area contributed by atoms with Crippen molar-refractivity contribution in [3.63, 3.8) is 0 Å². The molecule has 0 saturated heterocycles. The molecule has 6 heteroatoms. The van der Waals surface area contributed by atoms with Crippen molar-refractivity contribution in [3.8, 4) is 0 Å². The standard InChI is InChI=1S/C17H21NO5/c1-21-13-23-16(19)11-14-7-9-18(10-8-14)17(20)22-12-15-5-3-2-4-6-15/h2-7H,8-13H2,1H3. The topological polar surface area (TPSA) is 65.1 Å². The molecule has 2 rings (SSSR count). The van der Waals surface area contributed by atoms with Gasteiger partial charge >= 0.3 is 12.1 Å². The Bertz CT molecular complexity index is 555. The first kappa shape index (κ1) is 17.0. The number of amides is 1. The number of methoxy groups -OCH3 is 1. The Kier molecular flexibility index (Phi) is 6.62. The van der Waals surface area contributed by atoms with Crippen molar-refractivity contribution in [1.82, 2.24) is 4.90 Å². The Morgan fingerprint density at radius 3 is 2.61 bits per heavy atom. The summed E-state index contributed by atoms with van der Waals surface area (Å²) >= 11 is 0. The van der Waals surface area contributed by atoms with Gasteiger partial charge in [-0.3, -0.25) is 4.79 Å². The van der Waals surface area contributed by atoms with E-state index in [1.165, 1.54) is 7.11 Å². The third-order valence-electron chi connectivity index (χ3n) is 3.48. The summed E-state index contributed by atoms with van der Waals surface area (Å²) in [4.78, 5) is 25.1. The lowest BCUT2D eigenvalue weighted by Gasteiger charge is -2.25. The smallest absolute Gasteiger partial charge is 0.410 e. The zero-order chi connectivity index (χ0) is 16.5. The maximum Gasteiger partial charge on any atom is 0.410 e. The van der Waals surface area contributed by atoms with Crippen molar-refractivity contribution >= 4 is 12.1 Å². The van der Waals surface area contributed by atoms with Crippen LogP contribution < -0.4 is 0 Å². The number of hydrogen-bond donors (Lipinski definition) is 0. The molecule has 0 unspecified atom stereocenters. The fourth-order valence-electron chi connectivity index (χ4n) is 2.21. The lowest BCUT2D eigenvalue weighted by atomic mass is 10.1. The molecule has 0 radical (unpaired) electrons. The minimum absolute atomic E-state index is 0.0376. The van der Waals surface area contributed by atoms with E-state index >= 15 is 0 Å². The van der Waals surface area contributed by atoms with E-state index in [1.807, 2.05) is 36.4 Å². The molecule has 1 heterocycles. The molecule has 0 bridgehead atoms. The average molecular weight is 319 g/mol. The van der Waals surface area contributed by atoms with Crippen LogP contribution in [0.2, 0.25) is 0 Å². The summed E-state index contributed by atoms with van der Waals surface area (Å²) in [6.45, 7) is 1.21. The monoisotopic (exact) mass is 319 g/mol. The van der Waals surface area contributed by atoms with E-state index in [0.717, 1.165) is 11.1 Å². The van der Waals surface area contributed by atoms with E-state index in [4.69, 9.17) is 9.47 Å². The highest BCUT2D eigenvalue weighted by Crippen LogP contribution is 2.16. The first-order chi connectivity index (χ1) is 11.2. The van der Waals surface area contributed by atoms with Crippen LogP contribution in [0.1, 0.15) is 18.4 Å². The molecule has 0 atom stereocenters. The molecular weight excluding hydrogens is 298 g/mol. The number of hydrogen-bond acceptors (Lipinski definition) is 5. The van der Waals surface area contributed by atoms with Crippen LogP contribution in [0.3, 0.4) is 0 Å². The highest BCUT2D eigenvalue weighted by atomic mass is 16.7. The van der Waals surface area contributed by atoms with Gasteiger partial charge in [0.2, 0.25) is 0 Å². The molecule has 1 aliphatic heterocycles. The molecule has 0 aliphatic carbocycles. The normalized spacial score (nSPS) is 14.1. The van der Waals surface area contributed by atoms with Crippen molar-refractivity contribution in [3.05, 3.63) is 47.5 Å². The molecule has 0 spiro atoms. The van der Waals surface area contributed by atoms with Gasteiger partial charge < -0.3 is 19.1 Å². The van der Waals surface area contributed by atoms with E-state index in [1.54, 1.807) is 4.90 Å². The Labute approximate surface area is 135 Å². The zero-order valence-electron chi connectivity index (χ0n) is 13.2. The van der Waals surface area contributed by atoms with E-state index in [0.29, 0.717) is 19.5 Å². The van der Waals surface area contributed by atoms with Crippen LogP contribution >= 0.6 is 0 Å². The first-order valence-corrected chi connectivity index (χ1v) is 7.47. The van der Waals surface area contributed by atoms with Crippen molar-refractivity contribution < 1.29 is 23.8 Å². The molecule has 1 amide bonds. The molecule has 124 valence electrons. The van der Waals surface area contributed by atoms with E-state index in [9.17, 15) is 9.59 Å². The Hall–Kier alpha value is -2.34. The maximum absolute atomic E-state index is 12.0. The van der Waals surface area contributed by atoms with Gasteiger partial charge in [0.15, 0.2) is 6.79 Å². The predicted molar refractivity (Wildman–Crippen MR) is 83.5 cm³/mol. The summed E-state index contributed by atoms with van der Waals surface area (Å²) in [5, 5.41) is 0. The van der Waals surface area contributed by atoms with Crippen LogP contribution in [0.15, 0.2) is 42.0 Å². The van der Waals surface area contributed by atoms with Crippen LogP contribution in [-0.2, 0) is 25.6 Å². The van der Waals surface area contributed by atoms with Gasteiger partial charge in [0, 0.05) is 20.2 Å². The third kappa shape index (κ3) is 5.75. The molecule has 6 nitrogen and oxygen atoms in total. The van der Waals surface area contributed by atoms with Crippen molar-refractivity contribution in [2.45, 2.75) is 19.4 Å². The zero-order valence-corrected chi connectivity index (χ0v) is 13.2. The number of ether oxygens (including phenoxy) is 3. The molecular formula is C17H21NO5. The van der Waals surface area contributed by atoms with Crippen LogP contribution in [-0.4, -0.2) is 44.0 Å². The predicted octanol–water partition coefficient (Wildman–Crippen LogP) is 2.49. The number of rotatable bonds is 6. The number of carbonyl (C=O) groups is 2. The molecule has 1 aromatic carbocycles. The van der Waals surface area contributed by atoms with Gasteiger partial charge in [-0.05, 0) is 12.0 Å². The van der Waals surface area contributed by atoms with Crippen molar-refractivity contribution in [1.29, 1.82) is 0 Å². The highest BCUT2D eigenvalue weighted by molar-refractivity contribution is 5.73. The van der Waals surface area contributed by atoms with Gasteiger partial charge in [-0.1, -0.05) is 42.0 Å². The molecule has 0 N–H and O–H groups in total. The van der Waals surface area contributed by atoms with Gasteiger partial charge in [0.1, 0.15) is 6.61 Å². The maximum atomic E-state index is 12.0. The van der Waals surface area contributed by atoms with Gasteiger partial charge in [-0.25, -0.2) is 4.79 Å². The molecule has 0 fully saturated rings. The van der Waals surface area contributed by atoms with Gasteiger partial charge in [-0.2, -0.15) is 0 Å². The second kappa shape index (κ2) is 8.95. The quantitative estimate of drug-likeness (QED) is 0.458. The second-order valence-electron chi connectivity index (χ2n) is 5.20. The lowest BCUT2D eigenvalue weighted by molar-refractivity contribution is -0.153. The lowest BCUT2D eigenvalue weighted by Crippen LogP contribution is -2.35. The number of nitrogens with zero attached hydrogens (tertiary/aromatic N) is 1. The molecule has 23 heavy (non-hydrogen) atoms.